The van der Waals surface area contributed by atoms with E-state index in [2.05, 4.69) is 9.97 Å². The average Bonchev–Trinajstić information content (AvgIpc) is 3.27. The molecule has 3 aromatic heterocycles. The van der Waals surface area contributed by atoms with E-state index in [1.807, 2.05) is 86.8 Å². The summed E-state index contributed by atoms with van der Waals surface area (Å²) in [5.74, 6) is 0. The molecule has 0 saturated carbocycles. The van der Waals surface area contributed by atoms with Crippen LogP contribution in [0.2, 0.25) is 10.2 Å². The molecule has 170 valence electrons. The quantitative estimate of drug-likeness (QED) is 0.253. The Kier molecular flexibility index (Phi) is 5.95. The van der Waals surface area contributed by atoms with Crippen molar-refractivity contribution in [2.45, 2.75) is 26.4 Å². The van der Waals surface area contributed by atoms with Crippen LogP contribution in [-0.4, -0.2) is 15.1 Å². The molecule has 5 rings (SSSR count). The first-order chi connectivity index (χ1) is 16.3. The molecule has 0 bridgehead atoms. The van der Waals surface area contributed by atoms with Gasteiger partial charge in [-0.1, -0.05) is 65.7 Å². The van der Waals surface area contributed by atoms with E-state index in [1.165, 1.54) is 11.3 Å². The maximum Gasteiger partial charge on any atom is 0.151 e. The Balaban J connectivity index is 1.83. The van der Waals surface area contributed by atoms with Crippen LogP contribution in [0.3, 0.4) is 0 Å². The zero-order chi connectivity index (χ0) is 24.0. The van der Waals surface area contributed by atoms with Crippen molar-refractivity contribution in [3.8, 4) is 11.1 Å². The third-order valence-corrected chi connectivity index (χ3v) is 7.96. The van der Waals surface area contributed by atoms with Gasteiger partial charge in [-0.25, -0.2) is 4.98 Å². The number of pyridine rings is 2. The second-order valence-electron chi connectivity index (χ2n) is 8.48. The number of benzene rings is 2. The standard InChI is InChI=1S/C28H22Cl2N2OS/c1-16-11-12-34-26(16)28(33,20-10-9-18(3)31-15-20)21-13-17(2)25-22(14-21)24(29)23(27(30)32-25)19-7-5-4-6-8-19/h4-15,33H,1-3H3. The molecule has 0 aliphatic heterocycles. The van der Waals surface area contributed by atoms with Crippen LogP contribution in [0.5, 0.6) is 0 Å². The molecule has 34 heavy (non-hydrogen) atoms. The summed E-state index contributed by atoms with van der Waals surface area (Å²) in [5.41, 5.74) is 5.07. The van der Waals surface area contributed by atoms with Crippen LogP contribution in [0.1, 0.15) is 32.8 Å². The molecule has 6 heteroatoms. The van der Waals surface area contributed by atoms with E-state index >= 15 is 0 Å². The van der Waals surface area contributed by atoms with E-state index in [0.29, 0.717) is 32.4 Å². The number of hydrogen-bond acceptors (Lipinski definition) is 4. The van der Waals surface area contributed by atoms with E-state index < -0.39 is 5.60 Å². The van der Waals surface area contributed by atoms with Gasteiger partial charge in [-0.15, -0.1) is 11.3 Å². The zero-order valence-corrected chi connectivity index (χ0v) is 21.3. The number of hydrogen-bond donors (Lipinski definition) is 1. The lowest BCUT2D eigenvalue weighted by atomic mass is 9.83. The maximum absolute atomic E-state index is 12.4. The minimum Gasteiger partial charge on any atom is -0.375 e. The molecule has 5 aromatic rings. The van der Waals surface area contributed by atoms with Gasteiger partial charge in [-0.2, -0.15) is 0 Å². The van der Waals surface area contributed by atoms with Gasteiger partial charge in [0.05, 0.1) is 10.5 Å². The highest BCUT2D eigenvalue weighted by molar-refractivity contribution is 7.10. The van der Waals surface area contributed by atoms with Gasteiger partial charge >= 0.3 is 0 Å². The molecule has 0 radical (unpaired) electrons. The Bertz CT molecular complexity index is 1510. The van der Waals surface area contributed by atoms with Crippen LogP contribution in [0, 0.1) is 20.8 Å². The van der Waals surface area contributed by atoms with E-state index in [9.17, 15) is 5.11 Å². The molecule has 3 nitrogen and oxygen atoms in total. The Morgan fingerprint density at radius 1 is 0.882 bits per heavy atom. The molecule has 0 saturated heterocycles. The predicted octanol–water partition coefficient (Wildman–Crippen LogP) is 7.87. The molecular formula is C28H22Cl2N2OS. The zero-order valence-electron chi connectivity index (χ0n) is 18.9. The second-order valence-corrected chi connectivity index (χ2v) is 10.1. The first-order valence-corrected chi connectivity index (χ1v) is 12.5. The second kappa shape index (κ2) is 8.79. The Hall–Kier alpha value is -2.76. The molecule has 2 aromatic carbocycles. The Morgan fingerprint density at radius 3 is 2.29 bits per heavy atom. The molecule has 1 N–H and O–H groups in total. The van der Waals surface area contributed by atoms with Crippen molar-refractivity contribution in [1.82, 2.24) is 9.97 Å². The fourth-order valence-corrected chi connectivity index (χ4v) is 6.14. The fraction of sp³-hybridized carbons (Fsp3) is 0.143. The summed E-state index contributed by atoms with van der Waals surface area (Å²) in [4.78, 5) is 10.0. The van der Waals surface area contributed by atoms with Crippen LogP contribution in [0.15, 0.2) is 72.2 Å². The third kappa shape index (κ3) is 3.71. The van der Waals surface area contributed by atoms with Crippen LogP contribution in [0.25, 0.3) is 22.0 Å². The number of aromatic nitrogens is 2. The van der Waals surface area contributed by atoms with E-state index in [-0.39, 0.29) is 0 Å². The van der Waals surface area contributed by atoms with E-state index in [0.717, 1.165) is 32.6 Å². The lowest BCUT2D eigenvalue weighted by Gasteiger charge is -2.30. The fourth-order valence-electron chi connectivity index (χ4n) is 4.39. The SMILES string of the molecule is Cc1ccc(C(O)(c2cc(C)c3nc(Cl)c(-c4ccccc4)c(Cl)c3c2)c2sccc2C)cn1. The molecule has 0 amide bonds. The lowest BCUT2D eigenvalue weighted by Crippen LogP contribution is -2.29. The summed E-state index contributed by atoms with van der Waals surface area (Å²) in [6.07, 6.45) is 1.74. The number of aryl methyl sites for hydroxylation is 3. The molecule has 0 fully saturated rings. The van der Waals surface area contributed by atoms with Crippen molar-refractivity contribution in [1.29, 1.82) is 0 Å². The molecule has 1 atom stereocenters. The van der Waals surface area contributed by atoms with Gasteiger partial charge < -0.3 is 5.11 Å². The number of halogens is 2. The first-order valence-electron chi connectivity index (χ1n) is 10.9. The number of fused-ring (bicyclic) bond motifs is 1. The van der Waals surface area contributed by atoms with Crippen LogP contribution < -0.4 is 0 Å². The van der Waals surface area contributed by atoms with Gasteiger partial charge in [-0.05, 0) is 66.6 Å². The highest BCUT2D eigenvalue weighted by atomic mass is 35.5. The molecule has 3 heterocycles. The molecular weight excluding hydrogens is 483 g/mol. The minimum absolute atomic E-state index is 0.353. The molecule has 0 spiro atoms. The van der Waals surface area contributed by atoms with Gasteiger partial charge in [0, 0.05) is 33.3 Å². The average molecular weight is 505 g/mol. The Morgan fingerprint density at radius 2 is 1.65 bits per heavy atom. The maximum atomic E-state index is 12.4. The highest BCUT2D eigenvalue weighted by Gasteiger charge is 2.37. The topological polar surface area (TPSA) is 46.0 Å². The monoisotopic (exact) mass is 504 g/mol. The van der Waals surface area contributed by atoms with Crippen molar-refractivity contribution >= 4 is 45.4 Å². The van der Waals surface area contributed by atoms with Crippen LogP contribution >= 0.6 is 34.5 Å². The smallest absolute Gasteiger partial charge is 0.151 e. The Labute approximate surface area is 212 Å². The number of rotatable bonds is 4. The summed E-state index contributed by atoms with van der Waals surface area (Å²) in [7, 11) is 0. The minimum atomic E-state index is -1.40. The summed E-state index contributed by atoms with van der Waals surface area (Å²) >= 11 is 15.1. The summed E-state index contributed by atoms with van der Waals surface area (Å²) in [5, 5.41) is 16.0. The largest absolute Gasteiger partial charge is 0.375 e. The summed E-state index contributed by atoms with van der Waals surface area (Å²) < 4.78 is 0. The first kappa shape index (κ1) is 23.0. The van der Waals surface area contributed by atoms with Gasteiger partial charge in [-0.3, -0.25) is 4.98 Å². The number of aliphatic hydroxyl groups is 1. The van der Waals surface area contributed by atoms with E-state index in [1.54, 1.807) is 6.20 Å². The van der Waals surface area contributed by atoms with Gasteiger partial charge in [0.1, 0.15) is 5.15 Å². The summed E-state index contributed by atoms with van der Waals surface area (Å²) in [6, 6.07) is 19.5. The van der Waals surface area contributed by atoms with Crippen LogP contribution in [-0.2, 0) is 5.60 Å². The molecule has 0 aliphatic carbocycles. The van der Waals surface area contributed by atoms with Gasteiger partial charge in [0.2, 0.25) is 0 Å². The van der Waals surface area contributed by atoms with E-state index in [4.69, 9.17) is 23.2 Å². The predicted molar refractivity (Wildman–Crippen MR) is 142 cm³/mol. The summed E-state index contributed by atoms with van der Waals surface area (Å²) in [6.45, 7) is 5.90. The normalized spacial score (nSPS) is 13.2. The number of thiophene rings is 1. The molecule has 1 unspecified atom stereocenters. The van der Waals surface area contributed by atoms with Crippen molar-refractivity contribution in [3.05, 3.63) is 115 Å². The highest BCUT2D eigenvalue weighted by Crippen LogP contribution is 2.45. The van der Waals surface area contributed by atoms with Gasteiger partial charge in [0.15, 0.2) is 5.60 Å². The van der Waals surface area contributed by atoms with Crippen molar-refractivity contribution in [2.75, 3.05) is 0 Å². The number of nitrogens with zero attached hydrogens (tertiary/aromatic N) is 2. The lowest BCUT2D eigenvalue weighted by molar-refractivity contribution is 0.128. The van der Waals surface area contributed by atoms with Crippen molar-refractivity contribution in [3.63, 3.8) is 0 Å². The van der Waals surface area contributed by atoms with Gasteiger partial charge in [0.25, 0.3) is 0 Å². The molecule has 0 aliphatic rings. The van der Waals surface area contributed by atoms with Crippen molar-refractivity contribution < 1.29 is 5.11 Å². The van der Waals surface area contributed by atoms with Crippen molar-refractivity contribution in [2.24, 2.45) is 0 Å². The third-order valence-electron chi connectivity index (χ3n) is 6.17. The van der Waals surface area contributed by atoms with Crippen LogP contribution in [0.4, 0.5) is 0 Å².